The fraction of sp³-hybridized carbons (Fsp3) is 0.481. The molecule has 0 aromatic heterocycles. The second-order valence-corrected chi connectivity index (χ2v) is 9.26. The summed E-state index contributed by atoms with van der Waals surface area (Å²) in [5.74, 6) is -0.251. The average Bonchev–Trinajstić information content (AvgIpc) is 3.09. The second kappa shape index (κ2) is 11.4. The summed E-state index contributed by atoms with van der Waals surface area (Å²) in [5.41, 5.74) is 0.448. The number of unbranched alkanes of at least 4 members (excludes halogenated alkanes) is 1. The molecule has 3 rings (SSSR count). The van der Waals surface area contributed by atoms with E-state index in [2.05, 4.69) is 17.4 Å². The summed E-state index contributed by atoms with van der Waals surface area (Å²) in [6.07, 6.45) is 3.50. The van der Waals surface area contributed by atoms with E-state index in [9.17, 15) is 14.7 Å². The van der Waals surface area contributed by atoms with Crippen LogP contribution in [0.3, 0.4) is 0 Å². The van der Waals surface area contributed by atoms with E-state index in [0.29, 0.717) is 31.9 Å². The van der Waals surface area contributed by atoms with Crippen molar-refractivity contribution < 1.29 is 24.2 Å². The fourth-order valence-electron chi connectivity index (χ4n) is 4.28. The van der Waals surface area contributed by atoms with E-state index in [1.165, 1.54) is 5.56 Å². The maximum Gasteiger partial charge on any atom is 0.336 e. The summed E-state index contributed by atoms with van der Waals surface area (Å²) in [4.78, 5) is 25.8. The lowest BCUT2D eigenvalue weighted by Crippen LogP contribution is -2.47. The van der Waals surface area contributed by atoms with E-state index in [1.54, 1.807) is 11.8 Å². The number of amides is 2. The minimum atomic E-state index is -1.26. The van der Waals surface area contributed by atoms with Crippen LogP contribution in [-0.4, -0.2) is 60.0 Å². The van der Waals surface area contributed by atoms with Gasteiger partial charge in [0.15, 0.2) is 5.60 Å². The lowest BCUT2D eigenvalue weighted by atomic mass is 9.87. The smallest absolute Gasteiger partial charge is 0.336 e. The van der Waals surface area contributed by atoms with Gasteiger partial charge >= 0.3 is 12.0 Å². The number of hydrogen-bond donors (Lipinski definition) is 2. The zero-order valence-electron chi connectivity index (χ0n) is 20.4. The van der Waals surface area contributed by atoms with Crippen molar-refractivity contribution in [3.05, 3.63) is 65.7 Å². The molecule has 184 valence electrons. The van der Waals surface area contributed by atoms with Gasteiger partial charge in [0.2, 0.25) is 0 Å². The summed E-state index contributed by atoms with van der Waals surface area (Å²) in [6.45, 7) is 5.12. The molecule has 2 aromatic rings. The number of benzene rings is 2. The molecule has 1 fully saturated rings. The number of carbonyl (C=O) groups excluding carboxylic acids is 1. The lowest BCUT2D eigenvalue weighted by Gasteiger charge is -2.35. The Morgan fingerprint density at radius 3 is 2.41 bits per heavy atom. The van der Waals surface area contributed by atoms with E-state index in [4.69, 9.17) is 9.47 Å². The number of likely N-dealkylation sites (N-methyl/N-ethyl adjacent to an activating group) is 1. The highest BCUT2D eigenvalue weighted by Crippen LogP contribution is 2.28. The van der Waals surface area contributed by atoms with Gasteiger partial charge < -0.3 is 24.8 Å². The highest BCUT2D eigenvalue weighted by atomic mass is 16.5. The van der Waals surface area contributed by atoms with Gasteiger partial charge in [-0.2, -0.15) is 0 Å². The van der Waals surface area contributed by atoms with Crippen LogP contribution in [0.4, 0.5) is 4.79 Å². The molecule has 1 heterocycles. The highest BCUT2D eigenvalue weighted by Gasteiger charge is 2.43. The third-order valence-electron chi connectivity index (χ3n) is 6.63. The van der Waals surface area contributed by atoms with Crippen molar-refractivity contribution in [1.29, 1.82) is 0 Å². The molecule has 7 nitrogen and oxygen atoms in total. The highest BCUT2D eigenvalue weighted by molar-refractivity contribution is 5.78. The zero-order chi connectivity index (χ0) is 24.6. The molecule has 0 bridgehead atoms. The molecule has 0 aliphatic carbocycles. The fourth-order valence-corrected chi connectivity index (χ4v) is 4.28. The first-order chi connectivity index (χ1) is 16.3. The van der Waals surface area contributed by atoms with Gasteiger partial charge in [-0.05, 0) is 43.0 Å². The molecule has 2 unspecified atom stereocenters. The Labute approximate surface area is 202 Å². The van der Waals surface area contributed by atoms with Crippen LogP contribution in [0.2, 0.25) is 0 Å². The summed E-state index contributed by atoms with van der Waals surface area (Å²) >= 11 is 0. The van der Waals surface area contributed by atoms with Gasteiger partial charge in [0.25, 0.3) is 0 Å². The van der Waals surface area contributed by atoms with Gasteiger partial charge in [0.05, 0.1) is 12.1 Å². The molecule has 0 radical (unpaired) electrons. The van der Waals surface area contributed by atoms with Crippen LogP contribution in [0.5, 0.6) is 5.75 Å². The molecular formula is C27H36N2O5. The molecule has 2 aromatic carbocycles. The number of carboxylic acids is 1. The molecule has 1 aliphatic heterocycles. The number of nitrogens with zero attached hydrogens (tertiary/aromatic N) is 1. The lowest BCUT2D eigenvalue weighted by molar-refractivity contribution is -0.163. The summed E-state index contributed by atoms with van der Waals surface area (Å²) < 4.78 is 11.7. The number of ether oxygens (including phenoxy) is 2. The van der Waals surface area contributed by atoms with Gasteiger partial charge in [-0.1, -0.05) is 55.8 Å². The molecule has 1 aliphatic rings. The number of aliphatic carboxylic acids is 1. The number of nitrogens with one attached hydrogen (secondary N) is 1. The van der Waals surface area contributed by atoms with Crippen molar-refractivity contribution in [2.75, 3.05) is 26.8 Å². The van der Waals surface area contributed by atoms with Crippen molar-refractivity contribution >= 4 is 12.0 Å². The topological polar surface area (TPSA) is 88.1 Å². The molecular weight excluding hydrogens is 432 g/mol. The SMILES string of the molecule is CCCCOC(C)(Cc1ccc(OCCC2(Cc3ccccc3)CNC(=O)N2C)cc1)C(=O)O. The van der Waals surface area contributed by atoms with Crippen molar-refractivity contribution in [1.82, 2.24) is 10.2 Å². The molecule has 7 heteroatoms. The summed E-state index contributed by atoms with van der Waals surface area (Å²) in [6, 6.07) is 17.6. The predicted octanol–water partition coefficient (Wildman–Crippen LogP) is 4.29. The number of rotatable bonds is 13. The Bertz CT molecular complexity index is 949. The van der Waals surface area contributed by atoms with Gasteiger partial charge in [-0.25, -0.2) is 9.59 Å². The Balaban J connectivity index is 1.59. The molecule has 1 saturated heterocycles. The van der Waals surface area contributed by atoms with Crippen LogP contribution in [0.1, 0.15) is 44.2 Å². The van der Waals surface area contributed by atoms with Crippen LogP contribution in [-0.2, 0) is 22.4 Å². The van der Waals surface area contributed by atoms with Gasteiger partial charge in [0, 0.05) is 33.0 Å². The maximum absolute atomic E-state index is 12.2. The van der Waals surface area contributed by atoms with E-state index in [-0.39, 0.29) is 18.0 Å². The monoisotopic (exact) mass is 468 g/mol. The molecule has 2 N–H and O–H groups in total. The van der Waals surface area contributed by atoms with E-state index < -0.39 is 11.6 Å². The normalized spacial score (nSPS) is 19.5. The maximum atomic E-state index is 12.2. The number of urea groups is 1. The van der Waals surface area contributed by atoms with Crippen molar-refractivity contribution in [2.24, 2.45) is 0 Å². The van der Waals surface area contributed by atoms with E-state index in [1.807, 2.05) is 56.4 Å². The molecule has 0 spiro atoms. The third-order valence-corrected chi connectivity index (χ3v) is 6.63. The van der Waals surface area contributed by atoms with E-state index in [0.717, 1.165) is 24.8 Å². The van der Waals surface area contributed by atoms with Crippen molar-refractivity contribution in [3.63, 3.8) is 0 Å². The first-order valence-corrected chi connectivity index (χ1v) is 11.9. The van der Waals surface area contributed by atoms with Crippen LogP contribution in [0.15, 0.2) is 54.6 Å². The van der Waals surface area contributed by atoms with Crippen LogP contribution in [0.25, 0.3) is 0 Å². The summed E-state index contributed by atoms with van der Waals surface area (Å²) in [5, 5.41) is 12.6. The third kappa shape index (κ3) is 6.29. The van der Waals surface area contributed by atoms with Crippen LogP contribution in [0, 0.1) is 0 Å². The van der Waals surface area contributed by atoms with Crippen molar-refractivity contribution in [3.8, 4) is 5.75 Å². The minimum Gasteiger partial charge on any atom is -0.494 e. The molecule has 34 heavy (non-hydrogen) atoms. The number of carboxylic acid groups (broad SMARTS) is 1. The zero-order valence-corrected chi connectivity index (χ0v) is 20.4. The van der Waals surface area contributed by atoms with Gasteiger partial charge in [0.1, 0.15) is 5.75 Å². The van der Waals surface area contributed by atoms with E-state index >= 15 is 0 Å². The minimum absolute atomic E-state index is 0.0667. The first-order valence-electron chi connectivity index (χ1n) is 11.9. The Hall–Kier alpha value is -3.06. The first kappa shape index (κ1) is 25.6. The number of hydrogen-bond acceptors (Lipinski definition) is 4. The molecule has 2 amide bonds. The Kier molecular flexibility index (Phi) is 8.56. The van der Waals surface area contributed by atoms with Gasteiger partial charge in [-0.15, -0.1) is 0 Å². The average molecular weight is 469 g/mol. The quantitative estimate of drug-likeness (QED) is 0.428. The van der Waals surface area contributed by atoms with Crippen LogP contribution >= 0.6 is 0 Å². The van der Waals surface area contributed by atoms with Crippen molar-refractivity contribution in [2.45, 2.75) is 57.1 Å². The van der Waals surface area contributed by atoms with Crippen LogP contribution < -0.4 is 10.1 Å². The Morgan fingerprint density at radius 2 is 1.82 bits per heavy atom. The number of carbonyl (C=O) groups is 2. The largest absolute Gasteiger partial charge is 0.494 e. The predicted molar refractivity (Wildman–Crippen MR) is 131 cm³/mol. The standard InChI is InChI=1S/C27H36N2O5/c1-4-5-16-34-26(2,24(30)31)18-22-11-13-23(14-12-22)33-17-15-27(20-28-25(32)29(27)3)19-21-9-7-6-8-10-21/h6-14H,4-5,15-20H2,1-3H3,(H,28,32)(H,30,31). The Morgan fingerprint density at radius 1 is 1.12 bits per heavy atom. The molecule has 2 atom stereocenters. The second-order valence-electron chi connectivity index (χ2n) is 9.26. The molecule has 0 saturated carbocycles. The summed E-state index contributed by atoms with van der Waals surface area (Å²) in [7, 11) is 1.84. The van der Waals surface area contributed by atoms with Gasteiger partial charge in [-0.3, -0.25) is 0 Å².